The lowest BCUT2D eigenvalue weighted by Crippen LogP contribution is -2.15. The molecule has 2 N–H and O–H groups in total. The Morgan fingerprint density at radius 2 is 1.97 bits per heavy atom. The monoisotopic (exact) mass is 396 g/mol. The smallest absolute Gasteiger partial charge is 0.311 e. The predicted molar refractivity (Wildman–Crippen MR) is 107 cm³/mol. The third kappa shape index (κ3) is 4.68. The molecule has 0 aliphatic carbocycles. The van der Waals surface area contributed by atoms with Crippen molar-refractivity contribution in [3.05, 3.63) is 65.2 Å². The fourth-order valence-electron chi connectivity index (χ4n) is 2.95. The Morgan fingerprint density at radius 1 is 1.17 bits per heavy atom. The molecule has 0 atom stereocenters. The second kappa shape index (κ2) is 8.67. The standard InChI is InChI=1S/C19H20N6O4/c26-25(27)16-5-6-17(21-8-7-18-28-11-12-29-18)23-19(16)22-14-1-3-15(4-2-14)24-10-9-20-13-24/h1-6,9-10,13,18H,7-8,11-12H2,(H2,21,22,23). The van der Waals surface area contributed by atoms with Gasteiger partial charge >= 0.3 is 5.69 Å². The third-order valence-electron chi connectivity index (χ3n) is 4.38. The van der Waals surface area contributed by atoms with Crippen LogP contribution in [0.15, 0.2) is 55.1 Å². The number of anilines is 3. The summed E-state index contributed by atoms with van der Waals surface area (Å²) in [6.07, 6.45) is 5.68. The number of nitrogens with one attached hydrogen (secondary N) is 2. The van der Waals surface area contributed by atoms with E-state index in [0.29, 0.717) is 37.7 Å². The van der Waals surface area contributed by atoms with Gasteiger partial charge < -0.3 is 24.7 Å². The van der Waals surface area contributed by atoms with Crippen LogP contribution in [0, 0.1) is 10.1 Å². The Bertz CT molecular complexity index is 955. The third-order valence-corrected chi connectivity index (χ3v) is 4.38. The summed E-state index contributed by atoms with van der Waals surface area (Å²) in [7, 11) is 0. The number of ether oxygens (including phenoxy) is 2. The van der Waals surface area contributed by atoms with E-state index in [9.17, 15) is 10.1 Å². The van der Waals surface area contributed by atoms with Crippen LogP contribution >= 0.6 is 0 Å². The summed E-state index contributed by atoms with van der Waals surface area (Å²) >= 11 is 0. The zero-order valence-corrected chi connectivity index (χ0v) is 15.5. The fourth-order valence-corrected chi connectivity index (χ4v) is 2.95. The van der Waals surface area contributed by atoms with E-state index in [0.717, 1.165) is 5.69 Å². The summed E-state index contributed by atoms with van der Waals surface area (Å²) in [5, 5.41) is 17.6. The molecule has 1 aromatic carbocycles. The number of nitro groups is 1. The molecular formula is C19H20N6O4. The molecule has 0 radical (unpaired) electrons. The average molecular weight is 396 g/mol. The van der Waals surface area contributed by atoms with Gasteiger partial charge in [-0.2, -0.15) is 0 Å². The van der Waals surface area contributed by atoms with Gasteiger partial charge in [0.2, 0.25) is 5.82 Å². The lowest BCUT2D eigenvalue weighted by molar-refractivity contribution is -0.384. The van der Waals surface area contributed by atoms with E-state index >= 15 is 0 Å². The highest BCUT2D eigenvalue weighted by Crippen LogP contribution is 2.27. The molecule has 1 fully saturated rings. The molecule has 1 aliphatic rings. The van der Waals surface area contributed by atoms with Gasteiger partial charge in [0.25, 0.3) is 0 Å². The van der Waals surface area contributed by atoms with Gasteiger partial charge in [-0.3, -0.25) is 10.1 Å². The minimum absolute atomic E-state index is 0.100. The van der Waals surface area contributed by atoms with Crippen molar-refractivity contribution < 1.29 is 14.4 Å². The first-order valence-electron chi connectivity index (χ1n) is 9.17. The Hall–Kier alpha value is -3.50. The Kier molecular flexibility index (Phi) is 5.63. The Labute approximate surface area is 166 Å². The van der Waals surface area contributed by atoms with Crippen LogP contribution in [-0.2, 0) is 9.47 Å². The van der Waals surface area contributed by atoms with Crippen molar-refractivity contribution in [2.45, 2.75) is 12.7 Å². The molecule has 4 rings (SSSR count). The average Bonchev–Trinajstić information content (AvgIpc) is 3.43. The highest BCUT2D eigenvalue weighted by molar-refractivity contribution is 5.68. The first-order chi connectivity index (χ1) is 14.2. The van der Waals surface area contributed by atoms with Crippen molar-refractivity contribution >= 4 is 23.0 Å². The van der Waals surface area contributed by atoms with E-state index in [1.54, 1.807) is 18.6 Å². The molecule has 29 heavy (non-hydrogen) atoms. The maximum Gasteiger partial charge on any atom is 0.311 e. The molecule has 150 valence electrons. The summed E-state index contributed by atoms with van der Waals surface area (Å²) < 4.78 is 12.6. The fraction of sp³-hybridized carbons (Fsp3) is 0.263. The SMILES string of the molecule is O=[N+]([O-])c1ccc(NCCC2OCCO2)nc1Nc1ccc(-n2ccnc2)cc1. The van der Waals surface area contributed by atoms with Crippen LogP contribution < -0.4 is 10.6 Å². The van der Waals surface area contributed by atoms with Gasteiger partial charge in [0, 0.05) is 42.8 Å². The number of aromatic nitrogens is 3. The molecule has 0 saturated carbocycles. The van der Waals surface area contributed by atoms with Crippen LogP contribution in [0.3, 0.4) is 0 Å². The van der Waals surface area contributed by atoms with Crippen LogP contribution in [0.5, 0.6) is 0 Å². The highest BCUT2D eigenvalue weighted by atomic mass is 16.7. The summed E-state index contributed by atoms with van der Waals surface area (Å²) in [4.78, 5) is 19.3. The van der Waals surface area contributed by atoms with Gasteiger partial charge in [-0.15, -0.1) is 0 Å². The zero-order chi connectivity index (χ0) is 20.1. The highest BCUT2D eigenvalue weighted by Gasteiger charge is 2.18. The molecule has 10 nitrogen and oxygen atoms in total. The predicted octanol–water partition coefficient (Wildman–Crippen LogP) is 3.09. The van der Waals surface area contributed by atoms with E-state index in [1.165, 1.54) is 6.07 Å². The minimum Gasteiger partial charge on any atom is -0.370 e. The van der Waals surface area contributed by atoms with Crippen molar-refractivity contribution in [2.75, 3.05) is 30.4 Å². The van der Waals surface area contributed by atoms with Crippen molar-refractivity contribution in [1.82, 2.24) is 14.5 Å². The van der Waals surface area contributed by atoms with Crippen LogP contribution in [0.4, 0.5) is 23.0 Å². The van der Waals surface area contributed by atoms with Gasteiger partial charge in [0.1, 0.15) is 5.82 Å². The topological polar surface area (TPSA) is 116 Å². The van der Waals surface area contributed by atoms with Crippen LogP contribution in [-0.4, -0.2) is 45.5 Å². The largest absolute Gasteiger partial charge is 0.370 e. The van der Waals surface area contributed by atoms with Gasteiger partial charge in [-0.1, -0.05) is 0 Å². The van der Waals surface area contributed by atoms with Gasteiger partial charge in [0.05, 0.1) is 24.5 Å². The van der Waals surface area contributed by atoms with Crippen LogP contribution in [0.1, 0.15) is 6.42 Å². The van der Waals surface area contributed by atoms with Crippen molar-refractivity contribution in [3.63, 3.8) is 0 Å². The van der Waals surface area contributed by atoms with Gasteiger partial charge in [-0.25, -0.2) is 9.97 Å². The molecule has 0 bridgehead atoms. The zero-order valence-electron chi connectivity index (χ0n) is 15.5. The van der Waals surface area contributed by atoms with Crippen LogP contribution in [0.25, 0.3) is 5.69 Å². The van der Waals surface area contributed by atoms with Crippen molar-refractivity contribution in [1.29, 1.82) is 0 Å². The maximum absolute atomic E-state index is 11.4. The maximum atomic E-state index is 11.4. The molecule has 0 unspecified atom stereocenters. The summed E-state index contributed by atoms with van der Waals surface area (Å²) in [6.45, 7) is 1.79. The second-order valence-corrected chi connectivity index (χ2v) is 6.35. The molecule has 1 saturated heterocycles. The summed E-state index contributed by atoms with van der Waals surface area (Å²) in [5.41, 5.74) is 1.52. The molecule has 3 heterocycles. The van der Waals surface area contributed by atoms with E-state index in [4.69, 9.17) is 9.47 Å². The summed E-state index contributed by atoms with van der Waals surface area (Å²) in [6, 6.07) is 10.5. The van der Waals surface area contributed by atoms with E-state index in [-0.39, 0.29) is 17.8 Å². The molecule has 0 amide bonds. The number of benzene rings is 1. The number of hydrogen-bond donors (Lipinski definition) is 2. The molecule has 1 aliphatic heterocycles. The van der Waals surface area contributed by atoms with Gasteiger partial charge in [0.15, 0.2) is 6.29 Å². The lowest BCUT2D eigenvalue weighted by Gasteiger charge is -2.12. The van der Waals surface area contributed by atoms with E-state index < -0.39 is 4.92 Å². The molecule has 3 aromatic rings. The Morgan fingerprint density at radius 3 is 2.66 bits per heavy atom. The number of rotatable bonds is 8. The van der Waals surface area contributed by atoms with Crippen molar-refractivity contribution in [2.24, 2.45) is 0 Å². The van der Waals surface area contributed by atoms with Crippen LogP contribution in [0.2, 0.25) is 0 Å². The molecular weight excluding hydrogens is 376 g/mol. The molecule has 10 heteroatoms. The Balaban J connectivity index is 1.46. The second-order valence-electron chi connectivity index (χ2n) is 6.35. The number of nitrogens with zero attached hydrogens (tertiary/aromatic N) is 4. The lowest BCUT2D eigenvalue weighted by atomic mass is 10.2. The first kappa shape index (κ1) is 18.8. The van der Waals surface area contributed by atoms with Gasteiger partial charge in [-0.05, 0) is 30.3 Å². The normalized spacial score (nSPS) is 14.1. The number of pyridine rings is 1. The molecule has 2 aromatic heterocycles. The first-order valence-corrected chi connectivity index (χ1v) is 9.17. The van der Waals surface area contributed by atoms with E-state index in [2.05, 4.69) is 20.6 Å². The minimum atomic E-state index is -0.459. The molecule has 0 spiro atoms. The quantitative estimate of drug-likeness (QED) is 0.441. The number of hydrogen-bond acceptors (Lipinski definition) is 8. The summed E-state index contributed by atoms with van der Waals surface area (Å²) in [5.74, 6) is 0.704. The van der Waals surface area contributed by atoms with Crippen molar-refractivity contribution in [3.8, 4) is 5.69 Å². The van der Waals surface area contributed by atoms with E-state index in [1.807, 2.05) is 35.0 Å². The number of imidazole rings is 1.